The van der Waals surface area contributed by atoms with Crippen molar-refractivity contribution < 1.29 is 9.53 Å². The Kier molecular flexibility index (Phi) is 1.54. The Morgan fingerprint density at radius 1 is 1.36 bits per heavy atom. The second-order valence-corrected chi connectivity index (χ2v) is 5.00. The fourth-order valence-corrected chi connectivity index (χ4v) is 3.57. The van der Waals surface area contributed by atoms with Gasteiger partial charge in [0.05, 0.1) is 0 Å². The van der Waals surface area contributed by atoms with E-state index in [-0.39, 0.29) is 5.41 Å². The van der Waals surface area contributed by atoms with Crippen molar-refractivity contribution in [2.45, 2.75) is 44.1 Å². The number of ether oxygens (including phenoxy) is 1. The minimum Gasteiger partial charge on any atom is -0.366 e. The number of Topliss-reactive ketones (excluding diaryl/α,β-unsaturated/α-hetero) is 1. The van der Waals surface area contributed by atoms with Crippen molar-refractivity contribution in [3.05, 3.63) is 11.6 Å². The molecule has 4 aliphatic rings. The summed E-state index contributed by atoms with van der Waals surface area (Å²) in [6.07, 6.45) is 8.65. The predicted octanol–water partition coefficient (Wildman–Crippen LogP) is 2.23. The molecule has 2 atom stereocenters. The molecule has 1 spiro atoms. The Hall–Kier alpha value is -0.630. The molecule has 0 aromatic heterocycles. The normalized spacial score (nSPS) is 45.2. The maximum Gasteiger partial charge on any atom is 0.169 e. The maximum absolute atomic E-state index is 12.0. The third-order valence-corrected chi connectivity index (χ3v) is 4.50. The predicted molar refractivity (Wildman–Crippen MR) is 53.0 cm³/mol. The van der Waals surface area contributed by atoms with Gasteiger partial charge in [-0.05, 0) is 43.6 Å². The number of allylic oxidation sites excluding steroid dienone is 1. The maximum atomic E-state index is 12.0. The Morgan fingerprint density at radius 3 is 2.93 bits per heavy atom. The first-order valence-electron chi connectivity index (χ1n) is 5.52. The van der Waals surface area contributed by atoms with Crippen LogP contribution in [0.4, 0.5) is 0 Å². The summed E-state index contributed by atoms with van der Waals surface area (Å²) >= 11 is 0. The quantitative estimate of drug-likeness (QED) is 0.595. The van der Waals surface area contributed by atoms with E-state index in [9.17, 15) is 4.79 Å². The number of methoxy groups -OCH3 is 1. The summed E-state index contributed by atoms with van der Waals surface area (Å²) in [5.74, 6) is 0.317. The fourth-order valence-electron chi connectivity index (χ4n) is 3.57. The zero-order chi connectivity index (χ0) is 9.81. The number of fused-ring (bicyclic) bond motifs is 2. The summed E-state index contributed by atoms with van der Waals surface area (Å²) in [6.45, 7) is 0. The molecular formula is C12H16O2. The van der Waals surface area contributed by atoms with Crippen LogP contribution < -0.4 is 0 Å². The van der Waals surface area contributed by atoms with Crippen LogP contribution in [0.3, 0.4) is 0 Å². The zero-order valence-corrected chi connectivity index (χ0v) is 8.64. The molecule has 0 aromatic carbocycles. The highest BCUT2D eigenvalue weighted by Gasteiger charge is 2.55. The van der Waals surface area contributed by atoms with Crippen molar-refractivity contribution in [1.29, 1.82) is 0 Å². The molecule has 2 saturated carbocycles. The van der Waals surface area contributed by atoms with Crippen molar-refractivity contribution in [3.8, 4) is 0 Å². The topological polar surface area (TPSA) is 26.3 Å². The van der Waals surface area contributed by atoms with Gasteiger partial charge in [-0.15, -0.1) is 0 Å². The molecule has 0 aliphatic heterocycles. The van der Waals surface area contributed by atoms with Gasteiger partial charge in [-0.25, -0.2) is 0 Å². The van der Waals surface area contributed by atoms with Crippen LogP contribution in [0.2, 0.25) is 0 Å². The van der Waals surface area contributed by atoms with Crippen molar-refractivity contribution in [2.75, 3.05) is 7.11 Å². The third kappa shape index (κ3) is 0.830. The molecule has 0 amide bonds. The molecule has 14 heavy (non-hydrogen) atoms. The standard InChI is InChI=1S/C12H16O2/c1-14-12-6-5-11(8-10(12)13)4-2-3-9(11)7-12/h7H,2-6,8H2,1H3. The summed E-state index contributed by atoms with van der Waals surface area (Å²) in [5, 5.41) is 0. The van der Waals surface area contributed by atoms with Gasteiger partial charge in [-0.1, -0.05) is 5.57 Å². The zero-order valence-electron chi connectivity index (χ0n) is 8.64. The number of ketones is 1. The molecule has 4 aliphatic carbocycles. The molecule has 4 rings (SSSR count). The highest BCUT2D eigenvalue weighted by atomic mass is 16.5. The Morgan fingerprint density at radius 2 is 2.21 bits per heavy atom. The van der Waals surface area contributed by atoms with Crippen LogP contribution in [-0.4, -0.2) is 18.5 Å². The van der Waals surface area contributed by atoms with Crippen molar-refractivity contribution >= 4 is 5.78 Å². The van der Waals surface area contributed by atoms with Gasteiger partial charge in [-0.3, -0.25) is 4.79 Å². The Bertz CT molecular complexity index is 331. The van der Waals surface area contributed by atoms with Crippen LogP contribution in [0, 0.1) is 5.41 Å². The van der Waals surface area contributed by atoms with E-state index in [0.29, 0.717) is 5.78 Å². The summed E-state index contributed by atoms with van der Waals surface area (Å²) in [4.78, 5) is 12.0. The van der Waals surface area contributed by atoms with Gasteiger partial charge in [0.1, 0.15) is 5.60 Å². The largest absolute Gasteiger partial charge is 0.366 e. The summed E-state index contributed by atoms with van der Waals surface area (Å²) in [7, 11) is 1.67. The highest BCUT2D eigenvalue weighted by molar-refractivity contribution is 5.93. The van der Waals surface area contributed by atoms with Gasteiger partial charge in [0.15, 0.2) is 5.78 Å². The third-order valence-electron chi connectivity index (χ3n) is 4.50. The van der Waals surface area contributed by atoms with Crippen LogP contribution in [0.5, 0.6) is 0 Å². The molecule has 0 N–H and O–H groups in total. The lowest BCUT2D eigenvalue weighted by Crippen LogP contribution is -2.51. The molecule has 2 bridgehead atoms. The van der Waals surface area contributed by atoms with Crippen LogP contribution in [0.1, 0.15) is 38.5 Å². The van der Waals surface area contributed by atoms with Crippen molar-refractivity contribution in [2.24, 2.45) is 5.41 Å². The minimum atomic E-state index is -0.526. The lowest BCUT2D eigenvalue weighted by atomic mass is 9.59. The van der Waals surface area contributed by atoms with Crippen LogP contribution >= 0.6 is 0 Å². The number of rotatable bonds is 1. The van der Waals surface area contributed by atoms with Gasteiger partial charge in [0.25, 0.3) is 0 Å². The molecule has 0 heterocycles. The van der Waals surface area contributed by atoms with Gasteiger partial charge < -0.3 is 4.74 Å². The van der Waals surface area contributed by atoms with E-state index in [1.165, 1.54) is 31.3 Å². The van der Waals surface area contributed by atoms with E-state index >= 15 is 0 Å². The second-order valence-electron chi connectivity index (χ2n) is 5.00. The molecule has 2 heteroatoms. The SMILES string of the molecule is COC12C=C3CCCC3(CC1)CC2=O. The van der Waals surface area contributed by atoms with Gasteiger partial charge in [0.2, 0.25) is 0 Å². The summed E-state index contributed by atoms with van der Waals surface area (Å²) in [5.41, 5.74) is 1.27. The molecule has 0 radical (unpaired) electrons. The van der Waals surface area contributed by atoms with E-state index < -0.39 is 5.60 Å². The number of hydrogen-bond donors (Lipinski definition) is 0. The average Bonchev–Trinajstić information content (AvgIpc) is 2.59. The van der Waals surface area contributed by atoms with Crippen LogP contribution in [0.15, 0.2) is 11.6 Å². The van der Waals surface area contributed by atoms with Crippen molar-refractivity contribution in [1.82, 2.24) is 0 Å². The van der Waals surface area contributed by atoms with Crippen LogP contribution in [-0.2, 0) is 9.53 Å². The van der Waals surface area contributed by atoms with Gasteiger partial charge in [-0.2, -0.15) is 0 Å². The van der Waals surface area contributed by atoms with E-state index in [1.807, 2.05) is 0 Å². The smallest absolute Gasteiger partial charge is 0.169 e. The van der Waals surface area contributed by atoms with E-state index in [4.69, 9.17) is 4.74 Å². The summed E-state index contributed by atoms with van der Waals surface area (Å²) in [6, 6.07) is 0. The van der Waals surface area contributed by atoms with Crippen molar-refractivity contribution in [3.63, 3.8) is 0 Å². The molecule has 2 unspecified atom stereocenters. The lowest BCUT2D eigenvalue weighted by Gasteiger charge is -2.48. The molecule has 2 fully saturated rings. The Balaban J connectivity index is 2.12. The Labute approximate surface area is 84.3 Å². The number of carbonyl (C=O) groups is 1. The minimum absolute atomic E-state index is 0.275. The van der Waals surface area contributed by atoms with E-state index in [1.54, 1.807) is 7.11 Å². The van der Waals surface area contributed by atoms with Gasteiger partial charge >= 0.3 is 0 Å². The van der Waals surface area contributed by atoms with Crippen LogP contribution in [0.25, 0.3) is 0 Å². The molecular weight excluding hydrogens is 176 g/mol. The summed E-state index contributed by atoms with van der Waals surface area (Å²) < 4.78 is 5.46. The first kappa shape index (κ1) is 8.66. The second kappa shape index (κ2) is 2.48. The number of hydrogen-bond acceptors (Lipinski definition) is 2. The van der Waals surface area contributed by atoms with E-state index in [0.717, 1.165) is 12.8 Å². The molecule has 0 saturated heterocycles. The first-order valence-corrected chi connectivity index (χ1v) is 5.52. The lowest BCUT2D eigenvalue weighted by molar-refractivity contribution is -0.145. The molecule has 2 nitrogen and oxygen atoms in total. The molecule has 76 valence electrons. The fraction of sp³-hybridized carbons (Fsp3) is 0.750. The first-order chi connectivity index (χ1) is 6.71. The van der Waals surface area contributed by atoms with E-state index in [2.05, 4.69) is 6.08 Å². The van der Waals surface area contributed by atoms with Gasteiger partial charge in [0, 0.05) is 13.5 Å². The average molecular weight is 192 g/mol. The molecule has 0 aromatic rings. The highest BCUT2D eigenvalue weighted by Crippen LogP contribution is 2.58. The number of carbonyl (C=O) groups excluding carboxylic acids is 1. The monoisotopic (exact) mass is 192 g/mol.